The number of hydrogen-bond donors (Lipinski definition) is 0. The normalized spacial score (nSPS) is 11.1. The lowest BCUT2D eigenvalue weighted by Gasteiger charge is -2.06. The Morgan fingerprint density at radius 1 is 1.32 bits per heavy atom. The molecule has 0 aliphatic carbocycles. The number of nitrogens with zero attached hydrogens (tertiary/aromatic N) is 4. The molecule has 0 spiro atoms. The van der Waals surface area contributed by atoms with Gasteiger partial charge in [-0.3, -0.25) is 14.0 Å². The van der Waals surface area contributed by atoms with Gasteiger partial charge in [-0.15, -0.1) is 0 Å². The third kappa shape index (κ3) is 1.66. The molecule has 0 unspecified atom stereocenters. The number of pyridine rings is 1. The van der Waals surface area contributed by atoms with Crippen molar-refractivity contribution < 1.29 is 4.79 Å². The zero-order valence-corrected chi connectivity index (χ0v) is 11.1. The maximum absolute atomic E-state index is 11.3. The molecule has 0 aliphatic heterocycles. The van der Waals surface area contributed by atoms with E-state index in [1.54, 1.807) is 4.68 Å². The fraction of sp³-hybridized carbons (Fsp3) is 0.214. The second kappa shape index (κ2) is 4.05. The number of aromatic nitrogens is 4. The Kier molecular flexibility index (Phi) is 2.48. The van der Waals surface area contributed by atoms with Gasteiger partial charge in [0.2, 0.25) is 0 Å². The van der Waals surface area contributed by atoms with E-state index in [1.165, 1.54) is 0 Å². The summed E-state index contributed by atoms with van der Waals surface area (Å²) in [5.41, 5.74) is 3.27. The van der Waals surface area contributed by atoms with Gasteiger partial charge in [0.05, 0.1) is 11.3 Å². The molecule has 3 heterocycles. The standard InChI is InChI=1S/C14H14N4O/c1-9-6-11-4-5-18(13(11)15-7-9)14-12(8-19)10(2)16-17(14)3/h4-8H,1-3H3. The molecule has 3 aromatic heterocycles. The van der Waals surface area contributed by atoms with Crippen LogP contribution in [0.4, 0.5) is 0 Å². The Morgan fingerprint density at radius 3 is 2.84 bits per heavy atom. The molecule has 0 aliphatic rings. The molecule has 0 N–H and O–H groups in total. The van der Waals surface area contributed by atoms with Crippen LogP contribution in [0.15, 0.2) is 24.5 Å². The number of rotatable bonds is 2. The zero-order valence-electron chi connectivity index (χ0n) is 11.1. The van der Waals surface area contributed by atoms with Gasteiger partial charge in [-0.1, -0.05) is 0 Å². The molecule has 0 radical (unpaired) electrons. The molecule has 3 aromatic rings. The van der Waals surface area contributed by atoms with Gasteiger partial charge in [-0.05, 0) is 31.5 Å². The molecule has 0 bridgehead atoms. The Morgan fingerprint density at radius 2 is 2.11 bits per heavy atom. The summed E-state index contributed by atoms with van der Waals surface area (Å²) in [6, 6.07) is 4.06. The first-order valence-electron chi connectivity index (χ1n) is 6.04. The number of fused-ring (bicyclic) bond motifs is 1. The highest BCUT2D eigenvalue weighted by Gasteiger charge is 2.16. The van der Waals surface area contributed by atoms with Crippen LogP contribution in [0.25, 0.3) is 16.9 Å². The molecule has 0 aromatic carbocycles. The lowest BCUT2D eigenvalue weighted by Crippen LogP contribution is -2.04. The average molecular weight is 254 g/mol. The van der Waals surface area contributed by atoms with Crippen molar-refractivity contribution in [1.82, 2.24) is 19.3 Å². The van der Waals surface area contributed by atoms with E-state index in [0.29, 0.717) is 5.56 Å². The predicted octanol–water partition coefficient (Wildman–Crippen LogP) is 2.19. The summed E-state index contributed by atoms with van der Waals surface area (Å²) in [5, 5.41) is 5.35. The topological polar surface area (TPSA) is 52.7 Å². The van der Waals surface area contributed by atoms with Gasteiger partial charge in [0.1, 0.15) is 11.5 Å². The minimum Gasteiger partial charge on any atom is -0.298 e. The molecule has 0 fully saturated rings. The van der Waals surface area contributed by atoms with E-state index in [-0.39, 0.29) is 0 Å². The maximum Gasteiger partial charge on any atom is 0.155 e. The van der Waals surface area contributed by atoms with Crippen LogP contribution in [0, 0.1) is 13.8 Å². The zero-order chi connectivity index (χ0) is 13.6. The number of aldehydes is 1. The van der Waals surface area contributed by atoms with Crippen molar-refractivity contribution in [2.24, 2.45) is 7.05 Å². The summed E-state index contributed by atoms with van der Waals surface area (Å²) >= 11 is 0. The Balaban J connectivity index is 2.33. The van der Waals surface area contributed by atoms with E-state index in [9.17, 15) is 4.79 Å². The number of hydrogen-bond acceptors (Lipinski definition) is 3. The second-order valence-electron chi connectivity index (χ2n) is 4.68. The van der Waals surface area contributed by atoms with Crippen LogP contribution in [0.1, 0.15) is 21.6 Å². The first-order chi connectivity index (χ1) is 9.11. The molecule has 0 amide bonds. The third-order valence-electron chi connectivity index (χ3n) is 3.25. The first-order valence-corrected chi connectivity index (χ1v) is 6.04. The van der Waals surface area contributed by atoms with Crippen LogP contribution in [0.5, 0.6) is 0 Å². The first kappa shape index (κ1) is 11.6. The largest absolute Gasteiger partial charge is 0.298 e. The van der Waals surface area contributed by atoms with Crippen molar-refractivity contribution in [2.45, 2.75) is 13.8 Å². The van der Waals surface area contributed by atoms with E-state index in [1.807, 2.05) is 43.9 Å². The van der Waals surface area contributed by atoms with E-state index in [4.69, 9.17) is 0 Å². The van der Waals surface area contributed by atoms with Crippen LogP contribution in [0.2, 0.25) is 0 Å². The summed E-state index contributed by atoms with van der Waals surface area (Å²) in [6.07, 6.45) is 4.58. The highest BCUT2D eigenvalue weighted by molar-refractivity contribution is 5.85. The molecular formula is C14H14N4O. The summed E-state index contributed by atoms with van der Waals surface area (Å²) < 4.78 is 3.61. The van der Waals surface area contributed by atoms with Gasteiger partial charge in [-0.25, -0.2) is 4.98 Å². The molecule has 0 atom stereocenters. The number of carbonyl (C=O) groups excluding carboxylic acids is 1. The van der Waals surface area contributed by atoms with Crippen molar-refractivity contribution in [3.05, 3.63) is 41.3 Å². The Hall–Kier alpha value is -2.43. The molecule has 0 saturated heterocycles. The smallest absolute Gasteiger partial charge is 0.155 e. The van der Waals surface area contributed by atoms with Gasteiger partial charge < -0.3 is 0 Å². The Bertz CT molecular complexity index is 782. The van der Waals surface area contributed by atoms with Crippen LogP contribution in [0.3, 0.4) is 0 Å². The van der Waals surface area contributed by atoms with Crippen LogP contribution in [-0.4, -0.2) is 25.6 Å². The second-order valence-corrected chi connectivity index (χ2v) is 4.68. The van der Waals surface area contributed by atoms with E-state index >= 15 is 0 Å². The van der Waals surface area contributed by atoms with Crippen molar-refractivity contribution in [3.8, 4) is 5.82 Å². The fourth-order valence-corrected chi connectivity index (χ4v) is 2.39. The van der Waals surface area contributed by atoms with Crippen molar-refractivity contribution in [2.75, 3.05) is 0 Å². The lowest BCUT2D eigenvalue weighted by molar-refractivity contribution is 0.112. The minimum absolute atomic E-state index is 0.599. The molecule has 0 saturated carbocycles. The lowest BCUT2D eigenvalue weighted by atomic mass is 10.2. The summed E-state index contributed by atoms with van der Waals surface area (Å²) in [7, 11) is 1.83. The summed E-state index contributed by atoms with van der Waals surface area (Å²) in [5.74, 6) is 0.749. The van der Waals surface area contributed by atoms with Gasteiger partial charge in [0.25, 0.3) is 0 Å². The van der Waals surface area contributed by atoms with E-state index in [2.05, 4.69) is 16.1 Å². The molecule has 5 nitrogen and oxygen atoms in total. The highest BCUT2D eigenvalue weighted by Crippen LogP contribution is 2.22. The van der Waals surface area contributed by atoms with Gasteiger partial charge >= 0.3 is 0 Å². The van der Waals surface area contributed by atoms with Crippen LogP contribution < -0.4 is 0 Å². The molecule has 5 heteroatoms. The number of aryl methyl sites for hydroxylation is 3. The maximum atomic E-state index is 11.3. The molecule has 96 valence electrons. The quantitative estimate of drug-likeness (QED) is 0.659. The summed E-state index contributed by atoms with van der Waals surface area (Å²) in [6.45, 7) is 3.84. The molecule has 3 rings (SSSR count). The van der Waals surface area contributed by atoms with Crippen molar-refractivity contribution in [1.29, 1.82) is 0 Å². The minimum atomic E-state index is 0.599. The van der Waals surface area contributed by atoms with Crippen LogP contribution >= 0.6 is 0 Å². The van der Waals surface area contributed by atoms with Gasteiger partial charge in [0.15, 0.2) is 6.29 Å². The average Bonchev–Trinajstić information content (AvgIpc) is 2.89. The van der Waals surface area contributed by atoms with Crippen molar-refractivity contribution in [3.63, 3.8) is 0 Å². The molecule has 19 heavy (non-hydrogen) atoms. The van der Waals surface area contributed by atoms with Gasteiger partial charge in [-0.2, -0.15) is 5.10 Å². The SMILES string of the molecule is Cc1cnc2c(ccn2-c2c(C=O)c(C)nn2C)c1. The van der Waals surface area contributed by atoms with Crippen molar-refractivity contribution >= 4 is 17.3 Å². The highest BCUT2D eigenvalue weighted by atomic mass is 16.1. The predicted molar refractivity (Wildman–Crippen MR) is 72.7 cm³/mol. The van der Waals surface area contributed by atoms with Crippen LogP contribution in [-0.2, 0) is 7.05 Å². The summed E-state index contributed by atoms with van der Waals surface area (Å²) in [4.78, 5) is 15.7. The monoisotopic (exact) mass is 254 g/mol. The molecular weight excluding hydrogens is 240 g/mol. The van der Waals surface area contributed by atoms with Gasteiger partial charge in [0, 0.05) is 24.8 Å². The Labute approximate surface area is 110 Å². The fourth-order valence-electron chi connectivity index (χ4n) is 2.39. The van der Waals surface area contributed by atoms with E-state index < -0.39 is 0 Å². The van der Waals surface area contributed by atoms with E-state index in [0.717, 1.165) is 34.4 Å². The third-order valence-corrected chi connectivity index (χ3v) is 3.25. The number of carbonyl (C=O) groups is 1.